The number of hydrogen-bond acceptors (Lipinski definition) is 6. The molecule has 1 aromatic rings. The van der Waals surface area contributed by atoms with E-state index >= 15 is 0 Å². The molecule has 29 heavy (non-hydrogen) atoms. The molecule has 1 aromatic heterocycles. The van der Waals surface area contributed by atoms with Crippen molar-refractivity contribution in [2.45, 2.75) is 70.8 Å². The van der Waals surface area contributed by atoms with Crippen molar-refractivity contribution in [3.63, 3.8) is 0 Å². The SMILES string of the molecule is CCOc1ncc(C2(O)C3CCCC2CN(CC2CCCCC2)C3)c(OCC)n1. The highest BCUT2D eigenvalue weighted by atomic mass is 16.5. The molecule has 2 atom stereocenters. The number of nitrogens with zero attached hydrogens (tertiary/aromatic N) is 3. The topological polar surface area (TPSA) is 67.7 Å². The number of fused-ring (bicyclic) bond motifs is 2. The van der Waals surface area contributed by atoms with E-state index in [4.69, 9.17) is 9.47 Å². The number of aromatic nitrogens is 2. The van der Waals surface area contributed by atoms with Crippen molar-refractivity contribution in [2.24, 2.45) is 17.8 Å². The van der Waals surface area contributed by atoms with Crippen LogP contribution in [0.15, 0.2) is 6.20 Å². The molecule has 0 amide bonds. The summed E-state index contributed by atoms with van der Waals surface area (Å²) in [7, 11) is 0. The maximum Gasteiger partial charge on any atom is 0.319 e. The third-order valence-electron chi connectivity index (χ3n) is 7.27. The molecular weight excluding hydrogens is 366 g/mol. The van der Waals surface area contributed by atoms with E-state index in [-0.39, 0.29) is 11.8 Å². The number of ether oxygens (including phenoxy) is 2. The highest BCUT2D eigenvalue weighted by Gasteiger charge is 2.53. The molecule has 6 heteroatoms. The van der Waals surface area contributed by atoms with Gasteiger partial charge in [0.25, 0.3) is 0 Å². The van der Waals surface area contributed by atoms with Crippen molar-refractivity contribution in [3.8, 4) is 11.9 Å². The Bertz CT molecular complexity index is 663. The van der Waals surface area contributed by atoms with Crippen molar-refractivity contribution in [2.75, 3.05) is 32.8 Å². The van der Waals surface area contributed by atoms with Gasteiger partial charge in [-0.15, -0.1) is 0 Å². The molecule has 0 aromatic carbocycles. The van der Waals surface area contributed by atoms with Crippen LogP contribution in [0.3, 0.4) is 0 Å². The Morgan fingerprint density at radius 2 is 1.69 bits per heavy atom. The fraction of sp³-hybridized carbons (Fsp3) is 0.826. The molecule has 2 unspecified atom stereocenters. The lowest BCUT2D eigenvalue weighted by Crippen LogP contribution is -2.59. The van der Waals surface area contributed by atoms with E-state index in [1.54, 1.807) is 6.20 Å². The van der Waals surface area contributed by atoms with Crippen LogP contribution in [-0.4, -0.2) is 52.8 Å². The average molecular weight is 404 g/mol. The number of hydrogen-bond donors (Lipinski definition) is 1. The zero-order valence-corrected chi connectivity index (χ0v) is 18.1. The molecule has 4 rings (SSSR count). The van der Waals surface area contributed by atoms with Crippen molar-refractivity contribution in [1.82, 2.24) is 14.9 Å². The summed E-state index contributed by atoms with van der Waals surface area (Å²) in [6.07, 6.45) is 12.0. The predicted molar refractivity (Wildman–Crippen MR) is 112 cm³/mol. The Labute approximate surface area is 175 Å². The quantitative estimate of drug-likeness (QED) is 0.747. The van der Waals surface area contributed by atoms with Crippen LogP contribution in [0, 0.1) is 17.8 Å². The van der Waals surface area contributed by atoms with Crippen molar-refractivity contribution in [3.05, 3.63) is 11.8 Å². The van der Waals surface area contributed by atoms with E-state index < -0.39 is 5.60 Å². The zero-order valence-electron chi connectivity index (χ0n) is 18.1. The van der Waals surface area contributed by atoms with Crippen LogP contribution in [0.25, 0.3) is 0 Å². The van der Waals surface area contributed by atoms with Crippen molar-refractivity contribution >= 4 is 0 Å². The van der Waals surface area contributed by atoms with Crippen molar-refractivity contribution < 1.29 is 14.6 Å². The molecule has 0 spiro atoms. The van der Waals surface area contributed by atoms with E-state index in [0.717, 1.165) is 37.4 Å². The van der Waals surface area contributed by atoms with Gasteiger partial charge in [-0.2, -0.15) is 4.98 Å². The van der Waals surface area contributed by atoms with Gasteiger partial charge in [0, 0.05) is 37.7 Å². The Balaban J connectivity index is 1.57. The second-order valence-electron chi connectivity index (χ2n) is 9.11. The van der Waals surface area contributed by atoms with Gasteiger partial charge in [0.2, 0.25) is 5.88 Å². The van der Waals surface area contributed by atoms with Gasteiger partial charge in [-0.25, -0.2) is 4.98 Å². The number of rotatable bonds is 7. The van der Waals surface area contributed by atoms with Gasteiger partial charge < -0.3 is 19.5 Å². The minimum atomic E-state index is -0.906. The molecule has 162 valence electrons. The number of piperidine rings is 1. The second-order valence-corrected chi connectivity index (χ2v) is 9.11. The van der Waals surface area contributed by atoms with Crippen LogP contribution in [0.5, 0.6) is 11.9 Å². The molecule has 1 aliphatic heterocycles. The van der Waals surface area contributed by atoms with E-state index in [1.807, 2.05) is 13.8 Å². The highest BCUT2D eigenvalue weighted by Crippen LogP contribution is 2.51. The summed E-state index contributed by atoms with van der Waals surface area (Å²) in [5, 5.41) is 12.0. The first-order chi connectivity index (χ1) is 14.1. The molecule has 2 heterocycles. The lowest BCUT2D eigenvalue weighted by molar-refractivity contribution is -0.150. The predicted octanol–water partition coefficient (Wildman–Crippen LogP) is 3.77. The normalized spacial score (nSPS) is 30.9. The lowest BCUT2D eigenvalue weighted by atomic mass is 9.62. The summed E-state index contributed by atoms with van der Waals surface area (Å²) in [4.78, 5) is 11.5. The maximum absolute atomic E-state index is 12.0. The molecular formula is C23H37N3O3. The van der Waals surface area contributed by atoms with E-state index in [0.29, 0.717) is 25.1 Å². The van der Waals surface area contributed by atoms with Gasteiger partial charge in [-0.3, -0.25) is 0 Å². The van der Waals surface area contributed by atoms with Gasteiger partial charge in [0.1, 0.15) is 5.60 Å². The van der Waals surface area contributed by atoms with Crippen LogP contribution in [-0.2, 0) is 5.60 Å². The Hall–Kier alpha value is -1.40. The molecule has 1 saturated heterocycles. The van der Waals surface area contributed by atoms with Crippen LogP contribution in [0.1, 0.15) is 70.8 Å². The number of likely N-dealkylation sites (tertiary alicyclic amines) is 1. The van der Waals surface area contributed by atoms with E-state index in [2.05, 4.69) is 14.9 Å². The zero-order chi connectivity index (χ0) is 20.3. The second kappa shape index (κ2) is 9.17. The minimum Gasteiger partial charge on any atom is -0.478 e. The van der Waals surface area contributed by atoms with Gasteiger partial charge in [0.15, 0.2) is 0 Å². The molecule has 3 fully saturated rings. The summed E-state index contributed by atoms with van der Waals surface area (Å²) in [6.45, 7) is 8.00. The number of aliphatic hydroxyl groups is 1. The van der Waals surface area contributed by atoms with Crippen LogP contribution in [0.4, 0.5) is 0 Å². The van der Waals surface area contributed by atoms with Crippen LogP contribution < -0.4 is 9.47 Å². The van der Waals surface area contributed by atoms with E-state index in [9.17, 15) is 5.11 Å². The summed E-state index contributed by atoms with van der Waals surface area (Å²) in [5.41, 5.74) is -0.147. The van der Waals surface area contributed by atoms with Crippen LogP contribution in [0.2, 0.25) is 0 Å². The summed E-state index contributed by atoms with van der Waals surface area (Å²) in [6, 6.07) is 0.322. The Morgan fingerprint density at radius 3 is 2.34 bits per heavy atom. The first kappa shape index (κ1) is 20.9. The molecule has 6 nitrogen and oxygen atoms in total. The molecule has 3 aliphatic rings. The largest absolute Gasteiger partial charge is 0.478 e. The molecule has 1 N–H and O–H groups in total. The fourth-order valence-corrected chi connectivity index (χ4v) is 5.94. The van der Waals surface area contributed by atoms with Crippen molar-refractivity contribution in [1.29, 1.82) is 0 Å². The Kier molecular flexibility index (Phi) is 6.60. The van der Waals surface area contributed by atoms with Crippen LogP contribution >= 0.6 is 0 Å². The fourth-order valence-electron chi connectivity index (χ4n) is 5.94. The van der Waals surface area contributed by atoms with Gasteiger partial charge in [-0.05, 0) is 45.4 Å². The first-order valence-electron chi connectivity index (χ1n) is 11.7. The maximum atomic E-state index is 12.0. The Morgan fingerprint density at radius 1 is 1.00 bits per heavy atom. The van der Waals surface area contributed by atoms with Gasteiger partial charge in [0.05, 0.1) is 18.8 Å². The molecule has 2 bridgehead atoms. The highest BCUT2D eigenvalue weighted by molar-refractivity contribution is 5.34. The monoisotopic (exact) mass is 403 g/mol. The third-order valence-corrected chi connectivity index (χ3v) is 7.27. The first-order valence-corrected chi connectivity index (χ1v) is 11.7. The summed E-state index contributed by atoms with van der Waals surface area (Å²) >= 11 is 0. The average Bonchev–Trinajstić information content (AvgIpc) is 2.70. The van der Waals surface area contributed by atoms with Gasteiger partial charge >= 0.3 is 6.01 Å². The van der Waals surface area contributed by atoms with E-state index in [1.165, 1.54) is 45.1 Å². The lowest BCUT2D eigenvalue weighted by Gasteiger charge is -2.53. The standard InChI is InChI=1S/C23H37N3O3/c1-3-28-21-20(13-24-22(25-21)29-4-2)23(27)18-11-8-12-19(23)16-26(15-18)14-17-9-6-5-7-10-17/h13,17-19,27H,3-12,14-16H2,1-2H3. The van der Waals surface area contributed by atoms with Gasteiger partial charge in [-0.1, -0.05) is 25.7 Å². The smallest absolute Gasteiger partial charge is 0.319 e. The summed E-state index contributed by atoms with van der Waals surface area (Å²) < 4.78 is 11.3. The molecule has 2 saturated carbocycles. The molecule has 2 aliphatic carbocycles. The molecule has 0 radical (unpaired) electrons. The summed E-state index contributed by atoms with van der Waals surface area (Å²) in [5.74, 6) is 1.74. The minimum absolute atomic E-state index is 0.208. The third kappa shape index (κ3) is 4.24.